The van der Waals surface area contributed by atoms with Crippen molar-refractivity contribution in [3.05, 3.63) is 48.0 Å². The lowest BCUT2D eigenvalue weighted by Gasteiger charge is -2.00. The summed E-state index contributed by atoms with van der Waals surface area (Å²) < 4.78 is 12.7. The van der Waals surface area contributed by atoms with Crippen LogP contribution in [-0.4, -0.2) is 21.0 Å². The molecule has 0 spiro atoms. The molecule has 0 aliphatic rings. The first-order valence-electron chi connectivity index (χ1n) is 4.65. The summed E-state index contributed by atoms with van der Waals surface area (Å²) in [5.41, 5.74) is -0.0652. The van der Waals surface area contributed by atoms with Gasteiger partial charge in [-0.3, -0.25) is 0 Å². The van der Waals surface area contributed by atoms with Crippen LogP contribution in [0.4, 0.5) is 4.39 Å². The Labute approximate surface area is 101 Å². The topological polar surface area (TPSA) is 63.1 Å². The van der Waals surface area contributed by atoms with E-state index in [4.69, 9.17) is 5.11 Å². The molecule has 2 aromatic rings. The first kappa shape index (κ1) is 11.5. The maximum absolute atomic E-state index is 12.7. The monoisotopic (exact) mass is 250 g/mol. The fourth-order valence-electron chi connectivity index (χ4n) is 1.12. The minimum atomic E-state index is -1.10. The number of carbonyl (C=O) groups is 1. The van der Waals surface area contributed by atoms with Gasteiger partial charge in [0, 0.05) is 11.1 Å². The first-order valence-corrected chi connectivity index (χ1v) is 5.46. The Balaban J connectivity index is 2.21. The average Bonchev–Trinajstić information content (AvgIpc) is 2.32. The summed E-state index contributed by atoms with van der Waals surface area (Å²) in [5.74, 6) is -1.43. The summed E-state index contributed by atoms with van der Waals surface area (Å²) >= 11 is 1.18. The largest absolute Gasteiger partial charge is 0.477 e. The molecule has 1 aromatic carbocycles. The SMILES string of the molecule is O=C(O)c1ccnc(Sc2ccc(F)cc2)n1. The molecule has 0 amide bonds. The quantitative estimate of drug-likeness (QED) is 0.848. The zero-order valence-electron chi connectivity index (χ0n) is 8.50. The second-order valence-electron chi connectivity index (χ2n) is 3.09. The van der Waals surface area contributed by atoms with Crippen LogP contribution >= 0.6 is 11.8 Å². The molecule has 1 aromatic heterocycles. The molecule has 0 bridgehead atoms. The number of hydrogen-bond donors (Lipinski definition) is 1. The fraction of sp³-hybridized carbons (Fsp3) is 0. The zero-order valence-corrected chi connectivity index (χ0v) is 9.32. The van der Waals surface area contributed by atoms with Gasteiger partial charge in [-0.1, -0.05) is 0 Å². The van der Waals surface area contributed by atoms with Gasteiger partial charge in [0.15, 0.2) is 10.9 Å². The third-order valence-electron chi connectivity index (χ3n) is 1.88. The number of aromatic carboxylic acids is 1. The average molecular weight is 250 g/mol. The van der Waals surface area contributed by atoms with E-state index in [0.29, 0.717) is 5.16 Å². The van der Waals surface area contributed by atoms with Crippen molar-refractivity contribution >= 4 is 17.7 Å². The number of halogens is 1. The predicted octanol–water partition coefficient (Wildman–Crippen LogP) is 2.47. The van der Waals surface area contributed by atoms with Gasteiger partial charge < -0.3 is 5.11 Å². The van der Waals surface area contributed by atoms with E-state index in [9.17, 15) is 9.18 Å². The summed E-state index contributed by atoms with van der Waals surface area (Å²) in [7, 11) is 0. The third kappa shape index (κ3) is 3.01. The number of rotatable bonds is 3. The second-order valence-corrected chi connectivity index (χ2v) is 4.13. The molecule has 2 rings (SSSR count). The third-order valence-corrected chi connectivity index (χ3v) is 2.76. The normalized spacial score (nSPS) is 10.2. The number of hydrogen-bond acceptors (Lipinski definition) is 4. The Morgan fingerprint density at radius 1 is 1.24 bits per heavy atom. The minimum Gasteiger partial charge on any atom is -0.477 e. The Hall–Kier alpha value is -1.95. The summed E-state index contributed by atoms with van der Waals surface area (Å²) in [6.45, 7) is 0. The molecule has 0 radical (unpaired) electrons. The van der Waals surface area contributed by atoms with E-state index in [-0.39, 0.29) is 11.5 Å². The van der Waals surface area contributed by atoms with E-state index in [1.165, 1.54) is 36.2 Å². The highest BCUT2D eigenvalue weighted by atomic mass is 32.2. The number of nitrogens with zero attached hydrogens (tertiary/aromatic N) is 2. The van der Waals surface area contributed by atoms with Gasteiger partial charge in [-0.2, -0.15) is 0 Å². The molecule has 86 valence electrons. The molecule has 1 N–H and O–H groups in total. The summed E-state index contributed by atoms with van der Waals surface area (Å²) in [4.78, 5) is 19.2. The van der Waals surface area contributed by atoms with Gasteiger partial charge in [0.05, 0.1) is 0 Å². The van der Waals surface area contributed by atoms with Crippen LogP contribution in [0.5, 0.6) is 0 Å². The number of carboxylic acids is 1. The molecule has 0 saturated carbocycles. The lowest BCUT2D eigenvalue weighted by Crippen LogP contribution is -2.01. The highest BCUT2D eigenvalue weighted by molar-refractivity contribution is 7.99. The molecular formula is C11H7FN2O2S. The van der Waals surface area contributed by atoms with E-state index in [2.05, 4.69) is 9.97 Å². The molecule has 0 aliphatic heterocycles. The highest BCUT2D eigenvalue weighted by Gasteiger charge is 2.07. The Morgan fingerprint density at radius 3 is 2.59 bits per heavy atom. The van der Waals surface area contributed by atoms with Gasteiger partial charge in [-0.25, -0.2) is 19.2 Å². The molecule has 6 heteroatoms. The molecule has 4 nitrogen and oxygen atoms in total. The van der Waals surface area contributed by atoms with E-state index in [1.54, 1.807) is 12.1 Å². The van der Waals surface area contributed by atoms with Crippen LogP contribution in [0, 0.1) is 5.82 Å². The van der Waals surface area contributed by atoms with Gasteiger partial charge in [-0.15, -0.1) is 0 Å². The summed E-state index contributed by atoms with van der Waals surface area (Å²) in [6, 6.07) is 7.12. The smallest absolute Gasteiger partial charge is 0.354 e. The lowest BCUT2D eigenvalue weighted by atomic mass is 10.4. The molecule has 0 saturated heterocycles. The van der Waals surface area contributed by atoms with Crippen LogP contribution in [-0.2, 0) is 0 Å². The number of aromatic nitrogens is 2. The molecule has 0 fully saturated rings. The van der Waals surface area contributed by atoms with Gasteiger partial charge in [0.1, 0.15) is 5.82 Å². The fourth-order valence-corrected chi connectivity index (χ4v) is 1.86. The van der Waals surface area contributed by atoms with Crippen molar-refractivity contribution in [1.29, 1.82) is 0 Å². The van der Waals surface area contributed by atoms with Gasteiger partial charge >= 0.3 is 5.97 Å². The van der Waals surface area contributed by atoms with Crippen LogP contribution < -0.4 is 0 Å². The standard InChI is InChI=1S/C11H7FN2O2S/c12-7-1-3-8(4-2-7)17-11-13-6-5-9(14-11)10(15)16/h1-6H,(H,15,16). The van der Waals surface area contributed by atoms with Crippen LogP contribution in [0.25, 0.3) is 0 Å². The molecule has 1 heterocycles. The maximum atomic E-state index is 12.7. The van der Waals surface area contributed by atoms with Gasteiger partial charge in [0.2, 0.25) is 0 Å². The van der Waals surface area contributed by atoms with Crippen molar-refractivity contribution in [2.24, 2.45) is 0 Å². The van der Waals surface area contributed by atoms with Crippen LogP contribution in [0.15, 0.2) is 46.6 Å². The Kier molecular flexibility index (Phi) is 3.34. The number of benzene rings is 1. The van der Waals surface area contributed by atoms with E-state index < -0.39 is 5.97 Å². The van der Waals surface area contributed by atoms with Crippen molar-refractivity contribution in [2.45, 2.75) is 10.1 Å². The maximum Gasteiger partial charge on any atom is 0.354 e. The Morgan fingerprint density at radius 2 is 1.94 bits per heavy atom. The van der Waals surface area contributed by atoms with Crippen molar-refractivity contribution < 1.29 is 14.3 Å². The minimum absolute atomic E-state index is 0.0652. The van der Waals surface area contributed by atoms with Crippen molar-refractivity contribution in [1.82, 2.24) is 9.97 Å². The highest BCUT2D eigenvalue weighted by Crippen LogP contribution is 2.24. The summed E-state index contributed by atoms with van der Waals surface area (Å²) in [5, 5.41) is 9.08. The van der Waals surface area contributed by atoms with Crippen LogP contribution in [0.3, 0.4) is 0 Å². The second kappa shape index (κ2) is 4.92. The summed E-state index contributed by atoms with van der Waals surface area (Å²) in [6.07, 6.45) is 1.38. The number of carboxylic acid groups (broad SMARTS) is 1. The van der Waals surface area contributed by atoms with Gasteiger partial charge in [-0.05, 0) is 42.1 Å². The van der Waals surface area contributed by atoms with Crippen LogP contribution in [0.1, 0.15) is 10.5 Å². The van der Waals surface area contributed by atoms with Gasteiger partial charge in [0.25, 0.3) is 0 Å². The molecule has 0 unspecified atom stereocenters. The van der Waals surface area contributed by atoms with E-state index in [0.717, 1.165) is 4.90 Å². The van der Waals surface area contributed by atoms with E-state index >= 15 is 0 Å². The molecular weight excluding hydrogens is 243 g/mol. The molecule has 17 heavy (non-hydrogen) atoms. The zero-order chi connectivity index (χ0) is 12.3. The molecule has 0 aliphatic carbocycles. The van der Waals surface area contributed by atoms with Crippen molar-refractivity contribution in [3.63, 3.8) is 0 Å². The van der Waals surface area contributed by atoms with Crippen molar-refractivity contribution in [2.75, 3.05) is 0 Å². The van der Waals surface area contributed by atoms with Crippen molar-refractivity contribution in [3.8, 4) is 0 Å². The van der Waals surface area contributed by atoms with E-state index in [1.807, 2.05) is 0 Å². The molecule has 0 atom stereocenters. The first-order chi connectivity index (χ1) is 8.15. The Bertz CT molecular complexity index is 545. The van der Waals surface area contributed by atoms with Crippen LogP contribution in [0.2, 0.25) is 0 Å². The lowest BCUT2D eigenvalue weighted by molar-refractivity contribution is 0.0689. The predicted molar refractivity (Wildman–Crippen MR) is 59.5 cm³/mol.